The number of fused-ring (bicyclic) bond motifs is 1. The number of benzene rings is 1. The standard InChI is InChI=1S/C11H12O2/c1-7-3-4-9-6-10(12)8(2)13-11(9)5-7/h3-5,8H,6H2,1-2H3. The van der Waals surface area contributed by atoms with E-state index in [1.165, 1.54) is 5.56 Å². The highest BCUT2D eigenvalue weighted by atomic mass is 16.5. The van der Waals surface area contributed by atoms with Crippen LogP contribution < -0.4 is 4.74 Å². The van der Waals surface area contributed by atoms with Crippen LogP contribution in [0.4, 0.5) is 0 Å². The Morgan fingerprint density at radius 2 is 2.23 bits per heavy atom. The monoisotopic (exact) mass is 176 g/mol. The van der Waals surface area contributed by atoms with Gasteiger partial charge in [0.05, 0.1) is 0 Å². The first-order valence-corrected chi connectivity index (χ1v) is 4.46. The molecule has 1 atom stereocenters. The van der Waals surface area contributed by atoms with Crippen LogP contribution in [-0.2, 0) is 11.2 Å². The highest BCUT2D eigenvalue weighted by Gasteiger charge is 2.23. The molecule has 2 rings (SSSR count). The number of ketones is 1. The summed E-state index contributed by atoms with van der Waals surface area (Å²) in [6.07, 6.45) is 0.228. The summed E-state index contributed by atoms with van der Waals surface area (Å²) in [7, 11) is 0. The van der Waals surface area contributed by atoms with E-state index in [0.29, 0.717) is 6.42 Å². The second-order valence-electron chi connectivity index (χ2n) is 3.51. The number of carbonyl (C=O) groups is 1. The van der Waals surface area contributed by atoms with E-state index in [-0.39, 0.29) is 11.9 Å². The van der Waals surface area contributed by atoms with E-state index >= 15 is 0 Å². The number of hydrogen-bond donors (Lipinski definition) is 0. The molecular weight excluding hydrogens is 164 g/mol. The number of Topliss-reactive ketones (excluding diaryl/α,β-unsaturated/α-hetero) is 1. The van der Waals surface area contributed by atoms with Gasteiger partial charge in [0, 0.05) is 12.0 Å². The van der Waals surface area contributed by atoms with E-state index in [1.54, 1.807) is 6.92 Å². The number of ether oxygens (including phenoxy) is 1. The van der Waals surface area contributed by atoms with Gasteiger partial charge in [-0.15, -0.1) is 0 Å². The average molecular weight is 176 g/mol. The summed E-state index contributed by atoms with van der Waals surface area (Å²) < 4.78 is 5.48. The van der Waals surface area contributed by atoms with Crippen molar-refractivity contribution in [1.29, 1.82) is 0 Å². The molecular formula is C11H12O2. The molecule has 0 bridgehead atoms. The third-order valence-corrected chi connectivity index (χ3v) is 2.34. The smallest absolute Gasteiger partial charge is 0.177 e. The maximum atomic E-state index is 11.3. The molecule has 0 aliphatic carbocycles. The molecule has 0 spiro atoms. The van der Waals surface area contributed by atoms with Crippen LogP contribution in [-0.4, -0.2) is 11.9 Å². The lowest BCUT2D eigenvalue weighted by Crippen LogP contribution is -2.30. The lowest BCUT2D eigenvalue weighted by Gasteiger charge is -2.22. The minimum Gasteiger partial charge on any atom is -0.483 e. The van der Waals surface area contributed by atoms with Gasteiger partial charge in [0.2, 0.25) is 0 Å². The van der Waals surface area contributed by atoms with Crippen LogP contribution in [0, 0.1) is 6.92 Å². The number of rotatable bonds is 0. The van der Waals surface area contributed by atoms with Gasteiger partial charge in [-0.3, -0.25) is 4.79 Å². The molecule has 1 unspecified atom stereocenters. The normalized spacial score (nSPS) is 20.8. The fraction of sp³-hybridized carbons (Fsp3) is 0.364. The fourth-order valence-electron chi connectivity index (χ4n) is 1.51. The van der Waals surface area contributed by atoms with E-state index in [4.69, 9.17) is 4.74 Å². The first-order chi connectivity index (χ1) is 6.16. The van der Waals surface area contributed by atoms with Crippen molar-refractivity contribution in [3.8, 4) is 5.75 Å². The van der Waals surface area contributed by atoms with Crippen LogP contribution in [0.1, 0.15) is 18.1 Å². The molecule has 0 aromatic heterocycles. The fourth-order valence-corrected chi connectivity index (χ4v) is 1.51. The van der Waals surface area contributed by atoms with Crippen molar-refractivity contribution in [2.24, 2.45) is 0 Å². The Morgan fingerprint density at radius 3 is 3.00 bits per heavy atom. The Hall–Kier alpha value is -1.31. The number of carbonyl (C=O) groups excluding carboxylic acids is 1. The van der Waals surface area contributed by atoms with Crippen LogP contribution in [0.25, 0.3) is 0 Å². The van der Waals surface area contributed by atoms with Gasteiger partial charge in [-0.05, 0) is 25.5 Å². The van der Waals surface area contributed by atoms with Crippen LogP contribution in [0.15, 0.2) is 18.2 Å². The van der Waals surface area contributed by atoms with Crippen molar-refractivity contribution >= 4 is 5.78 Å². The molecule has 13 heavy (non-hydrogen) atoms. The number of aryl methyl sites for hydroxylation is 1. The second-order valence-corrected chi connectivity index (χ2v) is 3.51. The van der Waals surface area contributed by atoms with Crippen LogP contribution >= 0.6 is 0 Å². The maximum Gasteiger partial charge on any atom is 0.177 e. The highest BCUT2D eigenvalue weighted by molar-refractivity contribution is 5.87. The van der Waals surface area contributed by atoms with E-state index in [0.717, 1.165) is 11.3 Å². The molecule has 2 nitrogen and oxygen atoms in total. The topological polar surface area (TPSA) is 26.3 Å². The van der Waals surface area contributed by atoms with Crippen LogP contribution in [0.2, 0.25) is 0 Å². The summed E-state index contributed by atoms with van der Waals surface area (Å²) in [4.78, 5) is 11.3. The van der Waals surface area contributed by atoms with Crippen molar-refractivity contribution in [2.45, 2.75) is 26.4 Å². The van der Waals surface area contributed by atoms with Gasteiger partial charge < -0.3 is 4.74 Å². The molecule has 0 amide bonds. The Labute approximate surface area is 77.5 Å². The first-order valence-electron chi connectivity index (χ1n) is 4.46. The van der Waals surface area contributed by atoms with Gasteiger partial charge in [-0.2, -0.15) is 0 Å². The first kappa shape index (κ1) is 8.30. The van der Waals surface area contributed by atoms with Gasteiger partial charge in [0.25, 0.3) is 0 Å². The minimum absolute atomic E-state index is 0.163. The Balaban J connectivity index is 2.42. The van der Waals surface area contributed by atoms with Crippen LogP contribution in [0.5, 0.6) is 5.75 Å². The van der Waals surface area contributed by atoms with Gasteiger partial charge in [0.15, 0.2) is 11.9 Å². The average Bonchev–Trinajstić information content (AvgIpc) is 2.08. The largest absolute Gasteiger partial charge is 0.483 e. The predicted octanol–water partition coefficient (Wildman–Crippen LogP) is 1.89. The summed E-state index contributed by atoms with van der Waals surface area (Å²) in [6.45, 7) is 3.82. The van der Waals surface area contributed by atoms with Crippen LogP contribution in [0.3, 0.4) is 0 Å². The third-order valence-electron chi connectivity index (χ3n) is 2.34. The Kier molecular flexibility index (Phi) is 1.83. The van der Waals surface area contributed by atoms with Gasteiger partial charge in [-0.25, -0.2) is 0 Å². The van der Waals surface area contributed by atoms with Crippen molar-refractivity contribution in [3.63, 3.8) is 0 Å². The molecule has 0 fully saturated rings. The predicted molar refractivity (Wildman–Crippen MR) is 50.0 cm³/mol. The van der Waals surface area contributed by atoms with Gasteiger partial charge in [0.1, 0.15) is 5.75 Å². The summed E-state index contributed by atoms with van der Waals surface area (Å²) in [6, 6.07) is 5.96. The molecule has 1 heterocycles. The summed E-state index contributed by atoms with van der Waals surface area (Å²) >= 11 is 0. The molecule has 1 aliphatic heterocycles. The van der Waals surface area contributed by atoms with Gasteiger partial charge in [-0.1, -0.05) is 12.1 Å². The summed E-state index contributed by atoms with van der Waals surface area (Å²) in [5.41, 5.74) is 2.17. The lowest BCUT2D eigenvalue weighted by atomic mass is 10.0. The van der Waals surface area contributed by atoms with E-state index in [9.17, 15) is 4.79 Å². The van der Waals surface area contributed by atoms with Crippen molar-refractivity contribution in [1.82, 2.24) is 0 Å². The quantitative estimate of drug-likeness (QED) is 0.603. The minimum atomic E-state index is -0.283. The zero-order valence-corrected chi connectivity index (χ0v) is 7.83. The van der Waals surface area contributed by atoms with Crippen molar-refractivity contribution in [2.75, 3.05) is 0 Å². The molecule has 68 valence electrons. The zero-order chi connectivity index (χ0) is 9.42. The van der Waals surface area contributed by atoms with Crippen molar-refractivity contribution in [3.05, 3.63) is 29.3 Å². The zero-order valence-electron chi connectivity index (χ0n) is 7.83. The SMILES string of the molecule is Cc1ccc2c(c1)OC(C)C(=O)C2. The van der Waals surface area contributed by atoms with E-state index < -0.39 is 0 Å². The van der Waals surface area contributed by atoms with Gasteiger partial charge >= 0.3 is 0 Å². The molecule has 1 aliphatic rings. The molecule has 2 heteroatoms. The lowest BCUT2D eigenvalue weighted by molar-refractivity contribution is -0.125. The molecule has 1 aromatic carbocycles. The van der Waals surface area contributed by atoms with E-state index in [2.05, 4.69) is 0 Å². The van der Waals surface area contributed by atoms with E-state index in [1.807, 2.05) is 25.1 Å². The van der Waals surface area contributed by atoms with Crippen molar-refractivity contribution < 1.29 is 9.53 Å². The molecule has 0 radical (unpaired) electrons. The molecule has 0 saturated carbocycles. The summed E-state index contributed by atoms with van der Waals surface area (Å²) in [5, 5.41) is 0. The molecule has 0 saturated heterocycles. The Bertz CT molecular complexity index is 355. The number of hydrogen-bond acceptors (Lipinski definition) is 2. The Morgan fingerprint density at radius 1 is 1.46 bits per heavy atom. The molecule has 0 N–H and O–H groups in total. The highest BCUT2D eigenvalue weighted by Crippen LogP contribution is 2.26. The third kappa shape index (κ3) is 1.44. The molecule has 1 aromatic rings. The summed E-state index contributed by atoms with van der Waals surface area (Å²) in [5.74, 6) is 1.03. The maximum absolute atomic E-state index is 11.3. The second kappa shape index (κ2) is 2.87.